The summed E-state index contributed by atoms with van der Waals surface area (Å²) in [7, 11) is 0. The maximum atomic E-state index is 12.1. The van der Waals surface area contributed by atoms with Gasteiger partial charge in [0, 0.05) is 11.6 Å². The van der Waals surface area contributed by atoms with E-state index in [9.17, 15) is 4.79 Å². The molecule has 3 nitrogen and oxygen atoms in total. The van der Waals surface area contributed by atoms with Crippen molar-refractivity contribution in [3.05, 3.63) is 42.1 Å². The third-order valence-electron chi connectivity index (χ3n) is 4.33. The van der Waals surface area contributed by atoms with Crippen molar-refractivity contribution in [2.24, 2.45) is 5.73 Å². The van der Waals surface area contributed by atoms with E-state index in [2.05, 4.69) is 4.98 Å². The van der Waals surface area contributed by atoms with Crippen LogP contribution in [0.1, 0.15) is 37.7 Å². The van der Waals surface area contributed by atoms with Gasteiger partial charge in [0.05, 0.1) is 10.9 Å². The van der Waals surface area contributed by atoms with Crippen LogP contribution < -0.4 is 5.73 Å². The zero-order chi connectivity index (χ0) is 13.3. The van der Waals surface area contributed by atoms with Gasteiger partial charge in [0.25, 0.3) is 0 Å². The lowest BCUT2D eigenvalue weighted by molar-refractivity contribution is -0.124. The van der Waals surface area contributed by atoms with E-state index in [1.54, 1.807) is 6.20 Å². The first-order valence-electron chi connectivity index (χ1n) is 6.88. The number of rotatable bonds is 2. The fraction of sp³-hybridized carbons (Fsp3) is 0.375. The van der Waals surface area contributed by atoms with E-state index in [-0.39, 0.29) is 5.91 Å². The molecule has 1 aliphatic carbocycles. The Kier molecular flexibility index (Phi) is 2.97. The number of primary amides is 1. The van der Waals surface area contributed by atoms with E-state index in [0.717, 1.165) is 42.1 Å². The topological polar surface area (TPSA) is 56.0 Å². The van der Waals surface area contributed by atoms with Crippen molar-refractivity contribution >= 4 is 16.8 Å². The number of pyridine rings is 1. The Morgan fingerprint density at radius 1 is 1.11 bits per heavy atom. The fourth-order valence-electron chi connectivity index (χ4n) is 3.29. The molecule has 3 heteroatoms. The second kappa shape index (κ2) is 4.65. The third kappa shape index (κ3) is 1.89. The normalized spacial score (nSPS) is 18.3. The second-order valence-electron chi connectivity index (χ2n) is 5.39. The predicted octanol–water partition coefficient (Wildman–Crippen LogP) is 2.92. The molecule has 0 spiro atoms. The van der Waals surface area contributed by atoms with E-state index in [4.69, 9.17) is 5.73 Å². The number of hydrogen-bond donors (Lipinski definition) is 1. The van der Waals surface area contributed by atoms with Crippen molar-refractivity contribution in [3.63, 3.8) is 0 Å². The van der Waals surface area contributed by atoms with Gasteiger partial charge in [0.2, 0.25) is 5.91 Å². The van der Waals surface area contributed by atoms with Gasteiger partial charge in [0.1, 0.15) is 0 Å². The minimum atomic E-state index is -0.522. The molecule has 1 aromatic heterocycles. The molecule has 0 saturated heterocycles. The van der Waals surface area contributed by atoms with E-state index in [1.807, 2.05) is 30.3 Å². The lowest BCUT2D eigenvalue weighted by Crippen LogP contribution is -2.43. The molecule has 1 heterocycles. The molecule has 0 bridgehead atoms. The van der Waals surface area contributed by atoms with Crippen LogP contribution in [0, 0.1) is 0 Å². The Morgan fingerprint density at radius 2 is 1.84 bits per heavy atom. The molecule has 1 saturated carbocycles. The van der Waals surface area contributed by atoms with Crippen LogP contribution in [0.15, 0.2) is 36.5 Å². The first-order chi connectivity index (χ1) is 9.24. The van der Waals surface area contributed by atoms with Gasteiger partial charge in [0.15, 0.2) is 0 Å². The molecule has 1 amide bonds. The van der Waals surface area contributed by atoms with E-state index >= 15 is 0 Å². The molecule has 0 unspecified atom stereocenters. The lowest BCUT2D eigenvalue weighted by Gasteiger charge is -2.35. The smallest absolute Gasteiger partial charge is 0.228 e. The highest BCUT2D eigenvalue weighted by Gasteiger charge is 2.40. The highest BCUT2D eigenvalue weighted by atomic mass is 16.1. The van der Waals surface area contributed by atoms with Crippen LogP contribution in [0.4, 0.5) is 0 Å². The van der Waals surface area contributed by atoms with Crippen LogP contribution in [0.5, 0.6) is 0 Å². The third-order valence-corrected chi connectivity index (χ3v) is 4.33. The average molecular weight is 254 g/mol. The number of carbonyl (C=O) groups excluding carboxylic acids is 1. The Labute approximate surface area is 112 Å². The summed E-state index contributed by atoms with van der Waals surface area (Å²) >= 11 is 0. The van der Waals surface area contributed by atoms with E-state index in [0.29, 0.717) is 0 Å². The number of benzene rings is 1. The van der Waals surface area contributed by atoms with Gasteiger partial charge >= 0.3 is 0 Å². The van der Waals surface area contributed by atoms with Crippen molar-refractivity contribution in [2.45, 2.75) is 37.5 Å². The van der Waals surface area contributed by atoms with Crippen LogP contribution in [-0.4, -0.2) is 10.9 Å². The molecular formula is C16H18N2O. The molecule has 2 aromatic rings. The number of aromatic nitrogens is 1. The summed E-state index contributed by atoms with van der Waals surface area (Å²) in [6.45, 7) is 0. The highest BCUT2D eigenvalue weighted by molar-refractivity contribution is 5.93. The maximum Gasteiger partial charge on any atom is 0.228 e. The van der Waals surface area contributed by atoms with E-state index < -0.39 is 5.41 Å². The summed E-state index contributed by atoms with van der Waals surface area (Å²) in [4.78, 5) is 16.6. The van der Waals surface area contributed by atoms with Crippen molar-refractivity contribution < 1.29 is 4.79 Å². The van der Waals surface area contributed by atoms with Crippen molar-refractivity contribution in [2.75, 3.05) is 0 Å². The number of carbonyl (C=O) groups is 1. The van der Waals surface area contributed by atoms with Gasteiger partial charge in [-0.05, 0) is 24.5 Å². The summed E-state index contributed by atoms with van der Waals surface area (Å²) in [6.07, 6.45) is 6.78. The summed E-state index contributed by atoms with van der Waals surface area (Å²) in [5.74, 6) is -0.203. The molecule has 1 fully saturated rings. The van der Waals surface area contributed by atoms with Crippen LogP contribution in [0.3, 0.4) is 0 Å². The molecule has 19 heavy (non-hydrogen) atoms. The number of nitrogens with zero attached hydrogens (tertiary/aromatic N) is 1. The van der Waals surface area contributed by atoms with Crippen LogP contribution in [0.2, 0.25) is 0 Å². The standard InChI is InChI=1S/C16H18N2O/c17-15(19)16(9-2-1-3-10-16)13-8-4-6-12-7-5-11-18-14(12)13/h4-8,11H,1-3,9-10H2,(H2,17,19). The molecule has 0 radical (unpaired) electrons. The molecule has 1 aromatic carbocycles. The highest BCUT2D eigenvalue weighted by Crippen LogP contribution is 2.41. The second-order valence-corrected chi connectivity index (χ2v) is 5.39. The summed E-state index contributed by atoms with van der Waals surface area (Å²) in [5, 5.41) is 1.08. The molecule has 1 aliphatic rings. The maximum absolute atomic E-state index is 12.1. The summed E-state index contributed by atoms with van der Waals surface area (Å²) in [5.41, 5.74) is 7.17. The monoisotopic (exact) mass is 254 g/mol. The van der Waals surface area contributed by atoms with Gasteiger partial charge in [-0.15, -0.1) is 0 Å². The molecule has 2 N–H and O–H groups in total. The summed E-state index contributed by atoms with van der Waals surface area (Å²) in [6, 6.07) is 10.0. The first-order valence-corrected chi connectivity index (χ1v) is 6.88. The average Bonchev–Trinajstić information content (AvgIpc) is 2.47. The van der Waals surface area contributed by atoms with E-state index in [1.165, 1.54) is 6.42 Å². The zero-order valence-corrected chi connectivity index (χ0v) is 10.9. The molecular weight excluding hydrogens is 236 g/mol. The Morgan fingerprint density at radius 3 is 2.58 bits per heavy atom. The van der Waals surface area contributed by atoms with Crippen LogP contribution in [-0.2, 0) is 10.2 Å². The van der Waals surface area contributed by atoms with Crippen molar-refractivity contribution in [1.29, 1.82) is 0 Å². The number of fused-ring (bicyclic) bond motifs is 1. The first kappa shape index (κ1) is 12.2. The predicted molar refractivity (Wildman–Crippen MR) is 75.7 cm³/mol. The Hall–Kier alpha value is -1.90. The fourth-order valence-corrected chi connectivity index (χ4v) is 3.29. The quantitative estimate of drug-likeness (QED) is 0.895. The molecule has 3 rings (SSSR count). The number of nitrogens with two attached hydrogens (primary N) is 1. The van der Waals surface area contributed by atoms with Crippen molar-refractivity contribution in [1.82, 2.24) is 4.98 Å². The number of amides is 1. The van der Waals surface area contributed by atoms with Gasteiger partial charge < -0.3 is 5.73 Å². The largest absolute Gasteiger partial charge is 0.369 e. The number of para-hydroxylation sites is 1. The zero-order valence-electron chi connectivity index (χ0n) is 10.9. The summed E-state index contributed by atoms with van der Waals surface area (Å²) < 4.78 is 0. The van der Waals surface area contributed by atoms with Crippen LogP contribution >= 0.6 is 0 Å². The minimum Gasteiger partial charge on any atom is -0.369 e. The van der Waals surface area contributed by atoms with Crippen LogP contribution in [0.25, 0.3) is 10.9 Å². The Bertz CT molecular complexity index is 610. The van der Waals surface area contributed by atoms with Gasteiger partial charge in [-0.25, -0.2) is 0 Å². The van der Waals surface area contributed by atoms with Gasteiger partial charge in [-0.2, -0.15) is 0 Å². The molecule has 0 atom stereocenters. The molecule has 98 valence electrons. The van der Waals surface area contributed by atoms with Gasteiger partial charge in [-0.1, -0.05) is 43.5 Å². The SMILES string of the molecule is NC(=O)C1(c2cccc3cccnc23)CCCCC1. The molecule has 0 aliphatic heterocycles. The van der Waals surface area contributed by atoms with Gasteiger partial charge in [-0.3, -0.25) is 9.78 Å². The Balaban J connectivity index is 2.23. The number of hydrogen-bond acceptors (Lipinski definition) is 2. The minimum absolute atomic E-state index is 0.203. The van der Waals surface area contributed by atoms with Crippen molar-refractivity contribution in [3.8, 4) is 0 Å². The lowest BCUT2D eigenvalue weighted by atomic mass is 9.68.